The second kappa shape index (κ2) is 18.6. The van der Waals surface area contributed by atoms with E-state index in [2.05, 4.69) is 0 Å². The van der Waals surface area contributed by atoms with Gasteiger partial charge in [-0.3, -0.25) is 14.4 Å². The number of aliphatic hydroxyl groups excluding tert-OH is 3. The number of hydrogen-bond acceptors (Lipinski definition) is 9. The molecule has 3 atom stereocenters. The Morgan fingerprint density at radius 3 is 1.06 bits per heavy atom. The molecule has 0 bridgehead atoms. The number of hydrogen-bond donors (Lipinski definition) is 9. The van der Waals surface area contributed by atoms with Gasteiger partial charge in [0.15, 0.2) is 0 Å². The molecule has 0 heterocycles. The third-order valence-electron chi connectivity index (χ3n) is 6.90. The van der Waals surface area contributed by atoms with Crippen LogP contribution in [0.1, 0.15) is 83.5 Å². The molecule has 0 aromatic heterocycles. The van der Waals surface area contributed by atoms with Gasteiger partial charge in [-0.25, -0.2) is 0 Å². The van der Waals surface area contributed by atoms with Crippen molar-refractivity contribution in [1.29, 1.82) is 0 Å². The quantitative estimate of drug-likeness (QED) is 0.0658. The van der Waals surface area contributed by atoms with Gasteiger partial charge in [0.1, 0.15) is 0 Å². The summed E-state index contributed by atoms with van der Waals surface area (Å²) in [7, 11) is 0. The molecule has 0 fully saturated rings. The molecule has 0 saturated carbocycles. The lowest BCUT2D eigenvalue weighted by Gasteiger charge is -2.51. The number of carbonyl (C=O) groups is 3. The van der Waals surface area contributed by atoms with Crippen LogP contribution in [0.2, 0.25) is 0 Å². The molecule has 0 spiro atoms. The highest BCUT2D eigenvalue weighted by molar-refractivity contribution is 7.83. The van der Waals surface area contributed by atoms with Gasteiger partial charge in [-0.05, 0) is 44.9 Å². The molecule has 3 unspecified atom stereocenters. The molecule has 0 saturated heterocycles. The Kier molecular flexibility index (Phi) is 18.2. The smallest absolute Gasteiger partial charge is 0.303 e. The predicted molar refractivity (Wildman–Crippen MR) is 147 cm³/mol. The van der Waals surface area contributed by atoms with E-state index in [1.165, 1.54) is 0 Å². The SMILES string of the molecule is O=C(O)CCCCC(S)C(CC(CO)(CO)CO)(C(S)CCCCC(=O)O)C(S)CCCCC(=O)O. The third kappa shape index (κ3) is 12.3. The molecule has 36 heavy (non-hydrogen) atoms. The van der Waals surface area contributed by atoms with Crippen LogP contribution in [0.25, 0.3) is 0 Å². The number of carboxylic acid groups (broad SMARTS) is 3. The van der Waals surface area contributed by atoms with Crippen LogP contribution in [0.3, 0.4) is 0 Å². The van der Waals surface area contributed by atoms with Gasteiger partial charge in [-0.2, -0.15) is 37.9 Å². The molecule has 0 radical (unpaired) electrons. The van der Waals surface area contributed by atoms with Gasteiger partial charge in [0.05, 0.1) is 19.8 Å². The minimum Gasteiger partial charge on any atom is -0.481 e. The summed E-state index contributed by atoms with van der Waals surface area (Å²) in [5, 5.41) is 56.1. The fourth-order valence-electron chi connectivity index (χ4n) is 4.63. The lowest BCUT2D eigenvalue weighted by Crippen LogP contribution is -2.53. The molecule has 0 rings (SSSR count). The van der Waals surface area contributed by atoms with Crippen molar-refractivity contribution >= 4 is 55.8 Å². The Balaban J connectivity index is 6.11. The van der Waals surface area contributed by atoms with E-state index in [-0.39, 0.29) is 41.4 Å². The van der Waals surface area contributed by atoms with E-state index in [9.17, 15) is 29.7 Å². The summed E-state index contributed by atoms with van der Waals surface area (Å²) in [4.78, 5) is 32.8. The number of thiol groups is 3. The van der Waals surface area contributed by atoms with Crippen molar-refractivity contribution in [3.63, 3.8) is 0 Å². The Morgan fingerprint density at radius 2 is 0.833 bits per heavy atom. The Morgan fingerprint density at radius 1 is 0.556 bits per heavy atom. The number of aliphatic hydroxyl groups is 3. The number of unbranched alkanes of at least 4 members (excludes halogenated alkanes) is 3. The topological polar surface area (TPSA) is 173 Å². The van der Waals surface area contributed by atoms with Crippen LogP contribution < -0.4 is 0 Å². The molecule has 0 aliphatic carbocycles. The summed E-state index contributed by atoms with van der Waals surface area (Å²) in [6, 6.07) is 0. The van der Waals surface area contributed by atoms with Crippen molar-refractivity contribution in [3.8, 4) is 0 Å². The Labute approximate surface area is 230 Å². The molecule has 0 amide bonds. The van der Waals surface area contributed by atoms with E-state index in [1.807, 2.05) is 0 Å². The van der Waals surface area contributed by atoms with E-state index >= 15 is 0 Å². The molecule has 6 N–H and O–H groups in total. The highest BCUT2D eigenvalue weighted by Crippen LogP contribution is 2.52. The molecule has 0 aromatic carbocycles. The van der Waals surface area contributed by atoms with Crippen molar-refractivity contribution in [3.05, 3.63) is 0 Å². The molecule has 9 nitrogen and oxygen atoms in total. The molecular weight excluding hydrogens is 528 g/mol. The van der Waals surface area contributed by atoms with E-state index in [0.717, 1.165) is 0 Å². The highest BCUT2D eigenvalue weighted by atomic mass is 32.1. The first-order chi connectivity index (χ1) is 16.9. The first-order valence-corrected chi connectivity index (χ1v) is 14.0. The lowest BCUT2D eigenvalue weighted by molar-refractivity contribution is -0.138. The molecule has 12 heteroatoms. The Bertz CT molecular complexity index is 581. The number of carboxylic acids is 3. The van der Waals surface area contributed by atoms with Crippen molar-refractivity contribution < 1.29 is 45.0 Å². The zero-order valence-electron chi connectivity index (χ0n) is 20.8. The maximum absolute atomic E-state index is 10.9. The van der Waals surface area contributed by atoms with Gasteiger partial charge in [0.25, 0.3) is 0 Å². The molecule has 0 aliphatic heterocycles. The molecular formula is C24H44O9S3. The van der Waals surface area contributed by atoms with Crippen molar-refractivity contribution in [2.75, 3.05) is 19.8 Å². The van der Waals surface area contributed by atoms with Crippen molar-refractivity contribution in [1.82, 2.24) is 0 Å². The number of rotatable bonds is 23. The Hall–Kier alpha value is -0.660. The van der Waals surface area contributed by atoms with Crippen LogP contribution in [-0.4, -0.2) is 84.1 Å². The van der Waals surface area contributed by atoms with Crippen LogP contribution in [0.5, 0.6) is 0 Å². The van der Waals surface area contributed by atoms with Gasteiger partial charge < -0.3 is 30.6 Å². The zero-order valence-corrected chi connectivity index (χ0v) is 23.5. The lowest BCUT2D eigenvalue weighted by atomic mass is 9.63. The second-order valence-corrected chi connectivity index (χ2v) is 11.6. The maximum atomic E-state index is 10.9. The summed E-state index contributed by atoms with van der Waals surface area (Å²) in [5.74, 6) is -2.69. The zero-order chi connectivity index (χ0) is 27.8. The molecule has 0 aliphatic rings. The van der Waals surface area contributed by atoms with Crippen LogP contribution in [-0.2, 0) is 14.4 Å². The van der Waals surface area contributed by atoms with E-state index in [0.29, 0.717) is 57.8 Å². The first kappa shape index (κ1) is 35.3. The van der Waals surface area contributed by atoms with Crippen LogP contribution in [0, 0.1) is 10.8 Å². The van der Waals surface area contributed by atoms with Gasteiger partial charge in [-0.1, -0.05) is 19.3 Å². The first-order valence-electron chi connectivity index (χ1n) is 12.4. The van der Waals surface area contributed by atoms with Crippen molar-refractivity contribution in [2.45, 2.75) is 99.2 Å². The number of aliphatic carboxylic acids is 3. The van der Waals surface area contributed by atoms with Gasteiger partial charge in [0.2, 0.25) is 0 Å². The summed E-state index contributed by atoms with van der Waals surface area (Å²) < 4.78 is 0. The van der Waals surface area contributed by atoms with E-state index < -0.39 is 48.6 Å². The van der Waals surface area contributed by atoms with E-state index in [4.69, 9.17) is 53.2 Å². The summed E-state index contributed by atoms with van der Waals surface area (Å²) in [6.07, 6.45) is 4.71. The standard InChI is InChI=1S/C24H44O9S3/c25-14-23(15-26,16-27)13-24(17(34)7-1-4-10-20(28)29,18(35)8-2-5-11-21(30)31)19(36)9-3-6-12-22(32)33/h17-19,25-27,34-36H,1-16H2,(H,28,29)(H,30,31)(H,32,33). The van der Waals surface area contributed by atoms with Gasteiger partial charge >= 0.3 is 17.9 Å². The average molecular weight is 573 g/mol. The highest BCUT2D eigenvalue weighted by Gasteiger charge is 2.51. The van der Waals surface area contributed by atoms with E-state index in [1.54, 1.807) is 0 Å². The fourth-order valence-corrected chi connectivity index (χ4v) is 6.89. The normalized spacial score (nSPS) is 16.2. The van der Waals surface area contributed by atoms with Crippen molar-refractivity contribution in [2.24, 2.45) is 10.8 Å². The molecule has 0 aromatic rings. The minimum atomic E-state index is -1.24. The minimum absolute atomic E-state index is 0.0142. The molecule has 212 valence electrons. The largest absolute Gasteiger partial charge is 0.481 e. The second-order valence-electron chi connectivity index (χ2n) is 9.73. The van der Waals surface area contributed by atoms with Crippen LogP contribution >= 0.6 is 37.9 Å². The summed E-state index contributed by atoms with van der Waals surface area (Å²) in [6.45, 7) is -1.46. The van der Waals surface area contributed by atoms with Crippen LogP contribution in [0.15, 0.2) is 0 Å². The third-order valence-corrected chi connectivity index (χ3v) is 9.12. The van der Waals surface area contributed by atoms with Gasteiger partial charge in [0, 0.05) is 45.8 Å². The van der Waals surface area contributed by atoms with Crippen LogP contribution in [0.4, 0.5) is 0 Å². The summed E-state index contributed by atoms with van der Waals surface area (Å²) in [5.41, 5.74) is -2.09. The average Bonchev–Trinajstić information content (AvgIpc) is 2.83. The maximum Gasteiger partial charge on any atom is 0.303 e. The predicted octanol–water partition coefficient (Wildman–Crippen LogP) is 3.16. The monoisotopic (exact) mass is 572 g/mol. The van der Waals surface area contributed by atoms with Gasteiger partial charge in [-0.15, -0.1) is 0 Å². The fraction of sp³-hybridized carbons (Fsp3) is 0.875. The summed E-state index contributed by atoms with van der Waals surface area (Å²) >= 11 is 14.8.